The Labute approximate surface area is 175 Å². The number of nitrogens with zero attached hydrogens (tertiary/aromatic N) is 2. The largest absolute Gasteiger partial charge is 0.493 e. The molecule has 30 heavy (non-hydrogen) atoms. The van der Waals surface area contributed by atoms with Crippen LogP contribution in [-0.4, -0.2) is 35.2 Å². The van der Waals surface area contributed by atoms with Crippen LogP contribution in [0.25, 0.3) is 5.65 Å². The Morgan fingerprint density at radius 1 is 1.20 bits per heavy atom. The molecule has 0 fully saturated rings. The van der Waals surface area contributed by atoms with E-state index >= 15 is 0 Å². The van der Waals surface area contributed by atoms with Crippen molar-refractivity contribution < 1.29 is 27.4 Å². The molecule has 0 unspecified atom stereocenters. The topological polar surface area (TPSA) is 64.9 Å². The number of benzene rings is 1. The van der Waals surface area contributed by atoms with E-state index < -0.39 is 12.8 Å². The normalized spacial score (nSPS) is 11.5. The van der Waals surface area contributed by atoms with Crippen molar-refractivity contribution in [3.63, 3.8) is 0 Å². The fourth-order valence-corrected chi connectivity index (χ4v) is 2.95. The average Bonchev–Trinajstić information content (AvgIpc) is 3.10. The zero-order valence-electron chi connectivity index (χ0n) is 16.0. The maximum absolute atomic E-state index is 12.3. The lowest BCUT2D eigenvalue weighted by molar-refractivity contribution is -0.153. The van der Waals surface area contributed by atoms with Gasteiger partial charge >= 0.3 is 6.18 Å². The maximum Gasteiger partial charge on any atom is 0.422 e. The second-order valence-corrected chi connectivity index (χ2v) is 6.95. The van der Waals surface area contributed by atoms with Crippen LogP contribution in [-0.2, 0) is 17.8 Å². The lowest BCUT2D eigenvalue weighted by atomic mass is 10.1. The molecule has 0 radical (unpaired) electrons. The molecule has 2 heterocycles. The predicted molar refractivity (Wildman–Crippen MR) is 105 cm³/mol. The number of methoxy groups -OCH3 is 1. The highest BCUT2D eigenvalue weighted by atomic mass is 35.5. The number of fused-ring (bicyclic) bond motifs is 1. The third-order valence-electron chi connectivity index (χ3n) is 4.19. The van der Waals surface area contributed by atoms with Crippen LogP contribution in [0, 0.1) is 0 Å². The molecule has 0 bridgehead atoms. The Bertz CT molecular complexity index is 1040. The molecule has 160 valence electrons. The number of nitrogens with one attached hydrogen (secondary N) is 1. The van der Waals surface area contributed by atoms with Gasteiger partial charge in [0.05, 0.1) is 24.4 Å². The van der Waals surface area contributed by atoms with Crippen LogP contribution in [0.2, 0.25) is 5.02 Å². The first-order valence-electron chi connectivity index (χ1n) is 9.00. The number of hydrogen-bond acceptors (Lipinski definition) is 4. The minimum Gasteiger partial charge on any atom is -0.493 e. The summed E-state index contributed by atoms with van der Waals surface area (Å²) in [5.41, 5.74) is 2.16. The fourth-order valence-electron chi connectivity index (χ4n) is 2.78. The van der Waals surface area contributed by atoms with E-state index in [9.17, 15) is 18.0 Å². The van der Waals surface area contributed by atoms with Gasteiger partial charge in [0.25, 0.3) is 0 Å². The van der Waals surface area contributed by atoms with Gasteiger partial charge in [-0.05, 0) is 36.2 Å². The van der Waals surface area contributed by atoms with Gasteiger partial charge in [0.1, 0.15) is 5.65 Å². The molecule has 0 saturated heterocycles. The molecule has 1 aromatic carbocycles. The number of amides is 1. The van der Waals surface area contributed by atoms with Gasteiger partial charge in [0.2, 0.25) is 5.91 Å². The number of carbonyl (C=O) groups is 1. The van der Waals surface area contributed by atoms with E-state index in [1.54, 1.807) is 41.1 Å². The Morgan fingerprint density at radius 2 is 2.00 bits per heavy atom. The summed E-state index contributed by atoms with van der Waals surface area (Å²) >= 11 is 5.94. The smallest absolute Gasteiger partial charge is 0.422 e. The van der Waals surface area contributed by atoms with Gasteiger partial charge in [-0.1, -0.05) is 17.7 Å². The number of pyridine rings is 1. The van der Waals surface area contributed by atoms with E-state index in [4.69, 9.17) is 21.1 Å². The summed E-state index contributed by atoms with van der Waals surface area (Å²) in [5.74, 6) is -0.00282. The van der Waals surface area contributed by atoms with Crippen molar-refractivity contribution >= 4 is 23.2 Å². The lowest BCUT2D eigenvalue weighted by Gasteiger charge is -2.13. The molecule has 10 heteroatoms. The Hall–Kier alpha value is -2.94. The molecular weight excluding hydrogens is 423 g/mol. The first-order valence-corrected chi connectivity index (χ1v) is 9.37. The van der Waals surface area contributed by atoms with Gasteiger partial charge in [-0.25, -0.2) is 4.98 Å². The number of rotatable bonds is 8. The van der Waals surface area contributed by atoms with E-state index in [0.29, 0.717) is 17.1 Å². The van der Waals surface area contributed by atoms with Crippen LogP contribution in [0.15, 0.2) is 42.7 Å². The van der Waals surface area contributed by atoms with Gasteiger partial charge in [-0.15, -0.1) is 0 Å². The van der Waals surface area contributed by atoms with Gasteiger partial charge < -0.3 is 19.2 Å². The van der Waals surface area contributed by atoms with Crippen molar-refractivity contribution in [1.29, 1.82) is 0 Å². The predicted octanol–water partition coefficient (Wildman–Crippen LogP) is 4.19. The van der Waals surface area contributed by atoms with Crippen LogP contribution in [0.5, 0.6) is 11.5 Å². The van der Waals surface area contributed by atoms with E-state index in [1.165, 1.54) is 13.2 Å². The number of carbonyl (C=O) groups excluding carboxylic acids is 1. The summed E-state index contributed by atoms with van der Waals surface area (Å²) in [6, 6.07) is 8.08. The van der Waals surface area contributed by atoms with Crippen LogP contribution in [0.1, 0.15) is 17.7 Å². The molecule has 2 aromatic heterocycles. The molecule has 1 amide bonds. The zero-order chi connectivity index (χ0) is 21.7. The van der Waals surface area contributed by atoms with Crippen molar-refractivity contribution in [2.75, 3.05) is 13.7 Å². The quantitative estimate of drug-likeness (QED) is 0.569. The standard InChI is InChI=1S/C20H19ClF3N3O3/c1-29-17-8-13(2-5-16(17)30-12-20(22,23)24)3-7-19(28)25-9-15-11-27-10-14(21)4-6-18(27)26-15/h2,4-6,8,10-11H,3,7,9,12H2,1H3,(H,25,28). The highest BCUT2D eigenvalue weighted by Crippen LogP contribution is 2.30. The Kier molecular flexibility index (Phi) is 6.71. The number of ether oxygens (including phenoxy) is 2. The third-order valence-corrected chi connectivity index (χ3v) is 4.42. The van der Waals surface area contributed by atoms with E-state index in [2.05, 4.69) is 10.3 Å². The molecule has 0 saturated carbocycles. The summed E-state index contributed by atoms with van der Waals surface area (Å²) in [5, 5.41) is 3.38. The molecule has 0 aliphatic heterocycles. The Morgan fingerprint density at radius 3 is 2.73 bits per heavy atom. The highest BCUT2D eigenvalue weighted by molar-refractivity contribution is 6.30. The van der Waals surface area contributed by atoms with E-state index in [0.717, 1.165) is 11.2 Å². The second-order valence-electron chi connectivity index (χ2n) is 6.51. The van der Waals surface area contributed by atoms with Crippen molar-refractivity contribution in [3.05, 3.63) is 59.0 Å². The first kappa shape index (κ1) is 21.8. The van der Waals surface area contributed by atoms with Gasteiger partial charge in [0, 0.05) is 18.8 Å². The van der Waals surface area contributed by atoms with Crippen molar-refractivity contribution in [2.45, 2.75) is 25.6 Å². The number of aromatic nitrogens is 2. The number of halogens is 4. The monoisotopic (exact) mass is 441 g/mol. The second kappa shape index (κ2) is 9.25. The summed E-state index contributed by atoms with van der Waals surface area (Å²) in [6.07, 6.45) is -0.334. The van der Waals surface area contributed by atoms with Gasteiger partial charge in [0.15, 0.2) is 18.1 Å². The third kappa shape index (κ3) is 6.03. The SMILES string of the molecule is COc1cc(CCC(=O)NCc2cn3cc(Cl)ccc3n2)ccc1OCC(F)(F)F. The van der Waals surface area contributed by atoms with Gasteiger partial charge in [-0.2, -0.15) is 13.2 Å². The minimum atomic E-state index is -4.44. The lowest BCUT2D eigenvalue weighted by Crippen LogP contribution is -2.23. The van der Waals surface area contributed by atoms with Crippen LogP contribution >= 0.6 is 11.6 Å². The van der Waals surface area contributed by atoms with Crippen LogP contribution < -0.4 is 14.8 Å². The molecule has 0 atom stereocenters. The molecule has 0 spiro atoms. The molecule has 0 aliphatic carbocycles. The number of alkyl halides is 3. The summed E-state index contributed by atoms with van der Waals surface area (Å²) in [7, 11) is 1.34. The summed E-state index contributed by atoms with van der Waals surface area (Å²) in [6.45, 7) is -1.13. The van der Waals surface area contributed by atoms with Crippen LogP contribution in [0.3, 0.4) is 0 Å². The average molecular weight is 442 g/mol. The van der Waals surface area contributed by atoms with Crippen molar-refractivity contribution in [2.24, 2.45) is 0 Å². The van der Waals surface area contributed by atoms with E-state index in [1.807, 2.05) is 0 Å². The number of hydrogen-bond donors (Lipinski definition) is 1. The fraction of sp³-hybridized carbons (Fsp3) is 0.300. The van der Waals surface area contributed by atoms with Crippen molar-refractivity contribution in [1.82, 2.24) is 14.7 Å². The first-order chi connectivity index (χ1) is 14.2. The minimum absolute atomic E-state index is 0.00465. The molecule has 0 aliphatic rings. The number of imidazole rings is 1. The zero-order valence-corrected chi connectivity index (χ0v) is 16.8. The molecule has 1 N–H and O–H groups in total. The molecule has 3 rings (SSSR count). The summed E-state index contributed by atoms with van der Waals surface area (Å²) < 4.78 is 48.6. The maximum atomic E-state index is 12.3. The van der Waals surface area contributed by atoms with E-state index in [-0.39, 0.29) is 30.4 Å². The van der Waals surface area contributed by atoms with Crippen LogP contribution in [0.4, 0.5) is 13.2 Å². The molecule has 6 nitrogen and oxygen atoms in total. The highest BCUT2D eigenvalue weighted by Gasteiger charge is 2.29. The van der Waals surface area contributed by atoms with Crippen molar-refractivity contribution in [3.8, 4) is 11.5 Å². The molecule has 3 aromatic rings. The molecular formula is C20H19ClF3N3O3. The summed E-state index contributed by atoms with van der Waals surface area (Å²) in [4.78, 5) is 16.5. The Balaban J connectivity index is 1.52. The number of aryl methyl sites for hydroxylation is 1. The van der Waals surface area contributed by atoms with Gasteiger partial charge in [-0.3, -0.25) is 4.79 Å².